The van der Waals surface area contributed by atoms with Crippen LogP contribution in [-0.2, 0) is 6.54 Å². The van der Waals surface area contributed by atoms with Gasteiger partial charge < -0.3 is 10.2 Å². The maximum atomic E-state index is 10.5. The van der Waals surface area contributed by atoms with E-state index in [-0.39, 0.29) is 18.9 Å². The van der Waals surface area contributed by atoms with Gasteiger partial charge >= 0.3 is 0 Å². The first-order valence-corrected chi connectivity index (χ1v) is 5.34. The van der Waals surface area contributed by atoms with Gasteiger partial charge in [0.05, 0.1) is 18.1 Å². The molecule has 1 aromatic rings. The smallest absolute Gasteiger partial charge is 0.269 e. The summed E-state index contributed by atoms with van der Waals surface area (Å²) in [4.78, 5) is 11.9. The van der Waals surface area contributed by atoms with Gasteiger partial charge in [-0.15, -0.1) is 0 Å². The SMILES string of the molecule is O=[N+]([O-])c1ccc(CN(CCO)CCO)cc1. The van der Waals surface area contributed by atoms with Crippen molar-refractivity contribution in [1.82, 2.24) is 4.90 Å². The van der Waals surface area contributed by atoms with Crippen LogP contribution in [0.15, 0.2) is 24.3 Å². The van der Waals surface area contributed by atoms with Crippen molar-refractivity contribution < 1.29 is 15.1 Å². The summed E-state index contributed by atoms with van der Waals surface area (Å²) in [5.41, 5.74) is 0.974. The zero-order chi connectivity index (χ0) is 12.7. The van der Waals surface area contributed by atoms with E-state index in [0.717, 1.165) is 5.56 Å². The maximum Gasteiger partial charge on any atom is 0.269 e. The molecule has 0 aromatic heterocycles. The largest absolute Gasteiger partial charge is 0.395 e. The van der Waals surface area contributed by atoms with E-state index in [9.17, 15) is 10.1 Å². The van der Waals surface area contributed by atoms with Gasteiger partial charge in [-0.3, -0.25) is 15.0 Å². The van der Waals surface area contributed by atoms with Crippen molar-refractivity contribution >= 4 is 5.69 Å². The molecule has 0 bridgehead atoms. The van der Waals surface area contributed by atoms with Crippen LogP contribution in [0.3, 0.4) is 0 Å². The Labute approximate surface area is 99.3 Å². The van der Waals surface area contributed by atoms with Crippen LogP contribution in [0, 0.1) is 10.1 Å². The molecule has 0 unspecified atom stereocenters. The highest BCUT2D eigenvalue weighted by atomic mass is 16.6. The lowest BCUT2D eigenvalue weighted by Crippen LogP contribution is -2.29. The second-order valence-corrected chi connectivity index (χ2v) is 3.65. The molecule has 0 aliphatic carbocycles. The van der Waals surface area contributed by atoms with Gasteiger partial charge in [-0.05, 0) is 5.56 Å². The highest BCUT2D eigenvalue weighted by Gasteiger charge is 2.07. The highest BCUT2D eigenvalue weighted by molar-refractivity contribution is 5.32. The number of hydrogen-bond acceptors (Lipinski definition) is 5. The Hall–Kier alpha value is -1.50. The molecule has 0 heterocycles. The molecular formula is C11H16N2O4. The molecule has 0 aliphatic rings. The second-order valence-electron chi connectivity index (χ2n) is 3.65. The number of non-ortho nitro benzene ring substituents is 1. The lowest BCUT2D eigenvalue weighted by molar-refractivity contribution is -0.384. The summed E-state index contributed by atoms with van der Waals surface area (Å²) < 4.78 is 0. The van der Waals surface area contributed by atoms with Crippen LogP contribution >= 0.6 is 0 Å². The quantitative estimate of drug-likeness (QED) is 0.531. The van der Waals surface area contributed by atoms with Crippen molar-refractivity contribution in [3.63, 3.8) is 0 Å². The van der Waals surface area contributed by atoms with Crippen LogP contribution in [0.1, 0.15) is 5.56 Å². The van der Waals surface area contributed by atoms with Crippen molar-refractivity contribution in [3.8, 4) is 0 Å². The molecule has 94 valence electrons. The summed E-state index contributed by atoms with van der Waals surface area (Å²) in [6.45, 7) is 1.54. The van der Waals surface area contributed by atoms with Crippen molar-refractivity contribution in [3.05, 3.63) is 39.9 Å². The normalized spacial score (nSPS) is 10.8. The number of aliphatic hydroxyl groups excluding tert-OH is 2. The number of benzene rings is 1. The van der Waals surface area contributed by atoms with Crippen LogP contribution in [-0.4, -0.2) is 46.3 Å². The summed E-state index contributed by atoms with van der Waals surface area (Å²) in [7, 11) is 0. The number of rotatable bonds is 7. The van der Waals surface area contributed by atoms with Gasteiger partial charge in [0.2, 0.25) is 0 Å². The summed E-state index contributed by atoms with van der Waals surface area (Å²) in [5, 5.41) is 28.2. The minimum atomic E-state index is -0.441. The van der Waals surface area contributed by atoms with Gasteiger partial charge in [0.1, 0.15) is 0 Å². The molecule has 2 N–H and O–H groups in total. The monoisotopic (exact) mass is 240 g/mol. The predicted octanol–water partition coefficient (Wildman–Crippen LogP) is 0.381. The Morgan fingerprint density at radius 1 is 1.12 bits per heavy atom. The average molecular weight is 240 g/mol. The Morgan fingerprint density at radius 2 is 1.65 bits per heavy atom. The molecule has 0 amide bonds. The maximum absolute atomic E-state index is 10.5. The van der Waals surface area contributed by atoms with Gasteiger partial charge in [-0.25, -0.2) is 0 Å². The zero-order valence-electron chi connectivity index (χ0n) is 9.45. The molecule has 0 saturated heterocycles. The molecule has 0 fully saturated rings. The van der Waals surface area contributed by atoms with Crippen molar-refractivity contribution in [2.75, 3.05) is 26.3 Å². The molecule has 0 atom stereocenters. The van der Waals surface area contributed by atoms with Gasteiger partial charge in [-0.1, -0.05) is 12.1 Å². The third kappa shape index (κ3) is 4.48. The van der Waals surface area contributed by atoms with Crippen LogP contribution in [0.4, 0.5) is 5.69 Å². The van der Waals surface area contributed by atoms with Crippen molar-refractivity contribution in [2.45, 2.75) is 6.54 Å². The topological polar surface area (TPSA) is 86.8 Å². The van der Waals surface area contributed by atoms with E-state index in [0.29, 0.717) is 19.6 Å². The fourth-order valence-electron chi connectivity index (χ4n) is 1.53. The first-order valence-electron chi connectivity index (χ1n) is 5.34. The van der Waals surface area contributed by atoms with E-state index >= 15 is 0 Å². The molecule has 1 aromatic carbocycles. The number of aliphatic hydroxyl groups is 2. The molecule has 1 rings (SSSR count). The third-order valence-electron chi connectivity index (χ3n) is 2.39. The van der Waals surface area contributed by atoms with Gasteiger partial charge in [-0.2, -0.15) is 0 Å². The predicted molar refractivity (Wildman–Crippen MR) is 62.5 cm³/mol. The lowest BCUT2D eigenvalue weighted by Gasteiger charge is -2.19. The van der Waals surface area contributed by atoms with E-state index < -0.39 is 4.92 Å². The van der Waals surface area contributed by atoms with Crippen molar-refractivity contribution in [2.24, 2.45) is 0 Å². The van der Waals surface area contributed by atoms with Gasteiger partial charge in [0.25, 0.3) is 5.69 Å². The molecule has 6 nitrogen and oxygen atoms in total. The first-order chi connectivity index (χ1) is 8.17. The molecule has 6 heteroatoms. The minimum absolute atomic E-state index is 0.0208. The summed E-state index contributed by atoms with van der Waals surface area (Å²) in [5.74, 6) is 0. The van der Waals surface area contributed by atoms with E-state index in [2.05, 4.69) is 0 Å². The summed E-state index contributed by atoms with van der Waals surface area (Å²) in [6, 6.07) is 6.26. The summed E-state index contributed by atoms with van der Waals surface area (Å²) in [6.07, 6.45) is 0. The van der Waals surface area contributed by atoms with Crippen LogP contribution in [0.2, 0.25) is 0 Å². The van der Waals surface area contributed by atoms with Crippen LogP contribution in [0.25, 0.3) is 0 Å². The van der Waals surface area contributed by atoms with E-state index in [1.54, 1.807) is 12.1 Å². The average Bonchev–Trinajstić information content (AvgIpc) is 2.30. The number of nitrogens with zero attached hydrogens (tertiary/aromatic N) is 2. The summed E-state index contributed by atoms with van der Waals surface area (Å²) >= 11 is 0. The Balaban J connectivity index is 2.62. The molecular weight excluding hydrogens is 224 g/mol. The van der Waals surface area contributed by atoms with Gasteiger partial charge in [0.15, 0.2) is 0 Å². The molecule has 0 radical (unpaired) electrons. The lowest BCUT2D eigenvalue weighted by atomic mass is 10.2. The second kappa shape index (κ2) is 6.95. The van der Waals surface area contributed by atoms with Crippen LogP contribution in [0.5, 0.6) is 0 Å². The first kappa shape index (κ1) is 13.6. The molecule has 0 aliphatic heterocycles. The number of nitro benzene ring substituents is 1. The molecule has 0 spiro atoms. The zero-order valence-corrected chi connectivity index (χ0v) is 9.45. The minimum Gasteiger partial charge on any atom is -0.395 e. The molecule has 0 saturated carbocycles. The third-order valence-corrected chi connectivity index (χ3v) is 2.39. The highest BCUT2D eigenvalue weighted by Crippen LogP contribution is 2.13. The fourth-order valence-corrected chi connectivity index (χ4v) is 1.53. The number of nitro groups is 1. The van der Waals surface area contributed by atoms with Crippen molar-refractivity contribution in [1.29, 1.82) is 0 Å². The molecule has 17 heavy (non-hydrogen) atoms. The van der Waals surface area contributed by atoms with E-state index in [1.807, 2.05) is 4.90 Å². The standard InChI is InChI=1S/C11H16N2O4/c14-7-5-12(6-8-15)9-10-1-3-11(4-2-10)13(16)17/h1-4,14-15H,5-9H2. The Bertz CT molecular complexity index is 347. The van der Waals surface area contributed by atoms with E-state index in [4.69, 9.17) is 10.2 Å². The van der Waals surface area contributed by atoms with Crippen LogP contribution < -0.4 is 0 Å². The van der Waals surface area contributed by atoms with E-state index in [1.165, 1.54) is 12.1 Å². The Morgan fingerprint density at radius 3 is 2.06 bits per heavy atom. The van der Waals surface area contributed by atoms with Gasteiger partial charge in [0, 0.05) is 31.8 Å². The number of hydrogen-bond donors (Lipinski definition) is 2. The Kier molecular flexibility index (Phi) is 5.55. The fraction of sp³-hybridized carbons (Fsp3) is 0.455.